The first-order chi connectivity index (χ1) is 5.06. The van der Waals surface area contributed by atoms with Crippen LogP contribution in [-0.2, 0) is 4.79 Å². The number of aliphatic imine (C=N–C) groups is 2. The first-order valence-electron chi connectivity index (χ1n) is 3.16. The quantitative estimate of drug-likeness (QED) is 0.562. The summed E-state index contributed by atoms with van der Waals surface area (Å²) in [5.74, 6) is -1.72. The lowest BCUT2D eigenvalue weighted by molar-refractivity contribution is -0.142. The summed E-state index contributed by atoms with van der Waals surface area (Å²) in [5, 5.41) is 8.59. The topological polar surface area (TPSA) is 88.0 Å². The van der Waals surface area contributed by atoms with Gasteiger partial charge < -0.3 is 10.8 Å². The Balaban J connectivity index is 2.81. The van der Waals surface area contributed by atoms with Gasteiger partial charge in [-0.3, -0.25) is 4.79 Å². The predicted octanol–water partition coefficient (Wildman–Crippen LogP) is -0.525. The van der Waals surface area contributed by atoms with E-state index >= 15 is 0 Å². The normalized spacial score (nSPS) is 30.7. The van der Waals surface area contributed by atoms with E-state index in [1.54, 1.807) is 0 Å². The second-order valence-electron chi connectivity index (χ2n) is 2.47. The van der Waals surface area contributed by atoms with Gasteiger partial charge in [-0.2, -0.15) is 0 Å². The summed E-state index contributed by atoms with van der Waals surface area (Å²) in [6, 6.07) is 0. The van der Waals surface area contributed by atoms with Crippen molar-refractivity contribution in [2.45, 2.75) is 12.6 Å². The van der Waals surface area contributed by atoms with Gasteiger partial charge in [-0.1, -0.05) is 0 Å². The molecule has 0 fully saturated rings. The lowest BCUT2D eigenvalue weighted by Gasteiger charge is -2.20. The number of nitrogens with two attached hydrogens (primary N) is 1. The number of carboxylic acids is 1. The van der Waals surface area contributed by atoms with Gasteiger partial charge >= 0.3 is 5.97 Å². The van der Waals surface area contributed by atoms with Crippen molar-refractivity contribution in [2.24, 2.45) is 21.6 Å². The summed E-state index contributed by atoms with van der Waals surface area (Å²) in [6.07, 6.45) is 2.60. The fraction of sp³-hybridized carbons (Fsp3) is 0.500. The summed E-state index contributed by atoms with van der Waals surface area (Å²) in [6.45, 7) is 1.50. The molecule has 60 valence electrons. The summed E-state index contributed by atoms with van der Waals surface area (Å²) in [5.41, 5.74) is 4.43. The Labute approximate surface area is 63.6 Å². The molecule has 0 amide bonds. The molecule has 3 N–H and O–H groups in total. The summed E-state index contributed by atoms with van der Waals surface area (Å²) < 4.78 is 0. The van der Waals surface area contributed by atoms with E-state index in [4.69, 9.17) is 10.8 Å². The van der Waals surface area contributed by atoms with Crippen molar-refractivity contribution >= 4 is 18.5 Å². The maximum atomic E-state index is 10.5. The molecule has 0 aromatic carbocycles. The van der Waals surface area contributed by atoms with E-state index in [1.807, 2.05) is 0 Å². The number of nitrogens with zero attached hydrogens (tertiary/aromatic N) is 2. The average molecular weight is 155 g/mol. The van der Waals surface area contributed by atoms with E-state index < -0.39 is 17.6 Å². The SMILES string of the molecule is C[C@H](C(=O)O)C1(N)C=NC=N1. The second-order valence-corrected chi connectivity index (χ2v) is 2.47. The number of aliphatic carboxylic acids is 1. The molecule has 11 heavy (non-hydrogen) atoms. The molecule has 1 heterocycles. The van der Waals surface area contributed by atoms with Crippen molar-refractivity contribution < 1.29 is 9.90 Å². The van der Waals surface area contributed by atoms with Crippen LogP contribution in [0.25, 0.3) is 0 Å². The van der Waals surface area contributed by atoms with Gasteiger partial charge in [0.25, 0.3) is 0 Å². The summed E-state index contributed by atoms with van der Waals surface area (Å²) in [4.78, 5) is 17.8. The van der Waals surface area contributed by atoms with Crippen molar-refractivity contribution in [1.29, 1.82) is 0 Å². The molecule has 2 atom stereocenters. The zero-order chi connectivity index (χ0) is 8.48. The van der Waals surface area contributed by atoms with Crippen LogP contribution < -0.4 is 5.73 Å². The highest BCUT2D eigenvalue weighted by Gasteiger charge is 2.36. The Morgan fingerprint density at radius 1 is 1.82 bits per heavy atom. The molecule has 1 rings (SSSR count). The second kappa shape index (κ2) is 2.43. The average Bonchev–Trinajstić information content (AvgIpc) is 2.35. The predicted molar refractivity (Wildman–Crippen MR) is 40.7 cm³/mol. The Morgan fingerprint density at radius 3 is 2.82 bits per heavy atom. The van der Waals surface area contributed by atoms with E-state index in [0.29, 0.717) is 0 Å². The molecule has 0 aliphatic carbocycles. The highest BCUT2D eigenvalue weighted by atomic mass is 16.4. The van der Waals surface area contributed by atoms with Crippen LogP contribution in [0.4, 0.5) is 0 Å². The van der Waals surface area contributed by atoms with Gasteiger partial charge in [0.15, 0.2) is 5.66 Å². The van der Waals surface area contributed by atoms with Crippen molar-refractivity contribution in [3.63, 3.8) is 0 Å². The lowest BCUT2D eigenvalue weighted by Crippen LogP contribution is -2.47. The molecule has 0 spiro atoms. The van der Waals surface area contributed by atoms with Gasteiger partial charge in [0, 0.05) is 6.21 Å². The van der Waals surface area contributed by atoms with Crippen LogP contribution in [0.5, 0.6) is 0 Å². The van der Waals surface area contributed by atoms with Gasteiger partial charge in [0.05, 0.1) is 5.92 Å². The van der Waals surface area contributed by atoms with E-state index in [1.165, 1.54) is 19.5 Å². The molecule has 1 unspecified atom stereocenters. The van der Waals surface area contributed by atoms with Crippen LogP contribution in [0.15, 0.2) is 9.98 Å². The molecule has 1 aliphatic heterocycles. The number of carboxylic acid groups (broad SMARTS) is 1. The Bertz CT molecular complexity index is 222. The molecule has 5 nitrogen and oxygen atoms in total. The summed E-state index contributed by atoms with van der Waals surface area (Å²) in [7, 11) is 0. The van der Waals surface area contributed by atoms with Gasteiger partial charge in [-0.25, -0.2) is 9.98 Å². The molecule has 0 aromatic heterocycles. The fourth-order valence-corrected chi connectivity index (χ4v) is 0.741. The highest BCUT2D eigenvalue weighted by molar-refractivity contribution is 5.90. The van der Waals surface area contributed by atoms with E-state index in [-0.39, 0.29) is 0 Å². The van der Waals surface area contributed by atoms with Gasteiger partial charge in [0.1, 0.15) is 6.34 Å². The molecular formula is C6H9N3O2. The molecule has 1 aliphatic rings. The van der Waals surface area contributed by atoms with E-state index in [2.05, 4.69) is 9.98 Å². The molecular weight excluding hydrogens is 146 g/mol. The number of hydrogen-bond acceptors (Lipinski definition) is 4. The monoisotopic (exact) mass is 155 g/mol. The lowest BCUT2D eigenvalue weighted by atomic mass is 9.98. The highest BCUT2D eigenvalue weighted by Crippen LogP contribution is 2.16. The molecule has 0 bridgehead atoms. The van der Waals surface area contributed by atoms with Crippen molar-refractivity contribution in [2.75, 3.05) is 0 Å². The van der Waals surface area contributed by atoms with Gasteiger partial charge in [-0.05, 0) is 6.92 Å². The molecule has 0 saturated heterocycles. The third-order valence-electron chi connectivity index (χ3n) is 1.69. The Hall–Kier alpha value is -1.23. The Morgan fingerprint density at radius 2 is 2.45 bits per heavy atom. The van der Waals surface area contributed by atoms with Crippen molar-refractivity contribution in [3.8, 4) is 0 Å². The zero-order valence-electron chi connectivity index (χ0n) is 6.06. The number of rotatable bonds is 2. The molecule has 5 heteroatoms. The first kappa shape index (κ1) is 7.87. The van der Waals surface area contributed by atoms with Crippen LogP contribution in [0.1, 0.15) is 6.92 Å². The first-order valence-corrected chi connectivity index (χ1v) is 3.16. The van der Waals surface area contributed by atoms with E-state index in [0.717, 1.165) is 0 Å². The minimum atomic E-state index is -1.15. The molecule has 0 radical (unpaired) electrons. The van der Waals surface area contributed by atoms with E-state index in [9.17, 15) is 4.79 Å². The van der Waals surface area contributed by atoms with Crippen LogP contribution in [0.3, 0.4) is 0 Å². The number of hydrogen-bond donors (Lipinski definition) is 2. The van der Waals surface area contributed by atoms with Crippen molar-refractivity contribution in [1.82, 2.24) is 0 Å². The maximum absolute atomic E-state index is 10.5. The summed E-state index contributed by atoms with van der Waals surface area (Å²) >= 11 is 0. The molecule has 0 aromatic rings. The third kappa shape index (κ3) is 1.27. The van der Waals surface area contributed by atoms with Crippen LogP contribution in [-0.4, -0.2) is 29.3 Å². The number of carbonyl (C=O) groups is 1. The minimum absolute atomic E-state index is 0.745. The standard InChI is InChI=1S/C6H9N3O2/c1-4(5(10)11)6(7)2-8-3-9-6/h2-4H,7H2,1H3,(H,10,11)/t4-,6?/m1/s1. The maximum Gasteiger partial charge on any atom is 0.310 e. The van der Waals surface area contributed by atoms with Gasteiger partial charge in [0.2, 0.25) is 0 Å². The van der Waals surface area contributed by atoms with Gasteiger partial charge in [-0.15, -0.1) is 0 Å². The van der Waals surface area contributed by atoms with Crippen LogP contribution in [0, 0.1) is 5.92 Å². The Kier molecular flexibility index (Phi) is 1.74. The third-order valence-corrected chi connectivity index (χ3v) is 1.69. The fourth-order valence-electron chi connectivity index (χ4n) is 0.741. The minimum Gasteiger partial charge on any atom is -0.481 e. The molecule has 0 saturated carbocycles. The van der Waals surface area contributed by atoms with Crippen LogP contribution in [0.2, 0.25) is 0 Å². The van der Waals surface area contributed by atoms with Crippen molar-refractivity contribution in [3.05, 3.63) is 0 Å². The zero-order valence-corrected chi connectivity index (χ0v) is 6.06. The largest absolute Gasteiger partial charge is 0.481 e. The van der Waals surface area contributed by atoms with Crippen LogP contribution >= 0.6 is 0 Å². The smallest absolute Gasteiger partial charge is 0.310 e.